The van der Waals surface area contributed by atoms with Crippen molar-refractivity contribution < 1.29 is 4.39 Å². The fourth-order valence-electron chi connectivity index (χ4n) is 3.73. The molecule has 1 atom stereocenters. The number of anilines is 1. The van der Waals surface area contributed by atoms with Gasteiger partial charge in [-0.2, -0.15) is 0 Å². The molecule has 2 aromatic heterocycles. The van der Waals surface area contributed by atoms with Crippen molar-refractivity contribution in [2.45, 2.75) is 44.6 Å². The number of hydrogen-bond donors (Lipinski definition) is 0. The van der Waals surface area contributed by atoms with Crippen molar-refractivity contribution in [3.8, 4) is 0 Å². The first-order valence-electron chi connectivity index (χ1n) is 8.02. The molecule has 0 spiro atoms. The van der Waals surface area contributed by atoms with E-state index >= 15 is 0 Å². The number of halogens is 1. The maximum Gasteiger partial charge on any atom is 0.226 e. The molecule has 5 nitrogen and oxygen atoms in total. The minimum atomic E-state index is -0.396. The smallest absolute Gasteiger partial charge is 0.226 e. The van der Waals surface area contributed by atoms with Crippen LogP contribution in [0.15, 0.2) is 12.4 Å². The van der Waals surface area contributed by atoms with Gasteiger partial charge in [0.15, 0.2) is 5.82 Å². The highest BCUT2D eigenvalue weighted by Gasteiger charge is 2.32. The SMILES string of the molecule is Cn1c([C@@H]2CCCN2c2ncc(F)cn2)nc2c1CCCC2. The number of fused-ring (bicyclic) bond motifs is 1. The van der Waals surface area contributed by atoms with Crippen LogP contribution in [0.2, 0.25) is 0 Å². The van der Waals surface area contributed by atoms with Gasteiger partial charge in [0.25, 0.3) is 0 Å². The second-order valence-corrected chi connectivity index (χ2v) is 6.18. The fraction of sp³-hybridized carbons (Fsp3) is 0.562. The van der Waals surface area contributed by atoms with Crippen molar-refractivity contribution in [1.82, 2.24) is 19.5 Å². The van der Waals surface area contributed by atoms with E-state index in [9.17, 15) is 4.39 Å². The van der Waals surface area contributed by atoms with Crippen LogP contribution in [0, 0.1) is 5.82 Å². The van der Waals surface area contributed by atoms with Crippen LogP contribution in [0.1, 0.15) is 48.9 Å². The van der Waals surface area contributed by atoms with Crippen LogP contribution in [0.25, 0.3) is 0 Å². The first-order valence-corrected chi connectivity index (χ1v) is 8.02. The van der Waals surface area contributed by atoms with Crippen molar-refractivity contribution in [2.24, 2.45) is 7.05 Å². The lowest BCUT2D eigenvalue weighted by Gasteiger charge is -2.24. The monoisotopic (exact) mass is 301 g/mol. The molecule has 2 aliphatic rings. The molecule has 0 saturated carbocycles. The third-order valence-corrected chi connectivity index (χ3v) is 4.82. The van der Waals surface area contributed by atoms with Crippen LogP contribution in [0.4, 0.5) is 10.3 Å². The molecule has 3 heterocycles. The molecule has 0 unspecified atom stereocenters. The van der Waals surface area contributed by atoms with Crippen molar-refractivity contribution in [3.63, 3.8) is 0 Å². The molecule has 0 bridgehead atoms. The summed E-state index contributed by atoms with van der Waals surface area (Å²) >= 11 is 0. The second-order valence-electron chi connectivity index (χ2n) is 6.18. The summed E-state index contributed by atoms with van der Waals surface area (Å²) in [6.45, 7) is 0.897. The molecule has 0 aromatic carbocycles. The van der Waals surface area contributed by atoms with Gasteiger partial charge in [-0.05, 0) is 38.5 Å². The lowest BCUT2D eigenvalue weighted by molar-refractivity contribution is 0.593. The van der Waals surface area contributed by atoms with E-state index in [-0.39, 0.29) is 6.04 Å². The Balaban J connectivity index is 1.69. The molecule has 0 radical (unpaired) electrons. The Bertz CT molecular complexity index is 679. The Morgan fingerprint density at radius 3 is 2.68 bits per heavy atom. The quantitative estimate of drug-likeness (QED) is 0.855. The second kappa shape index (κ2) is 5.34. The van der Waals surface area contributed by atoms with E-state index in [0.29, 0.717) is 5.95 Å². The summed E-state index contributed by atoms with van der Waals surface area (Å²) in [5.74, 6) is 1.31. The van der Waals surface area contributed by atoms with Crippen LogP contribution in [0.5, 0.6) is 0 Å². The van der Waals surface area contributed by atoms with Crippen LogP contribution >= 0.6 is 0 Å². The minimum Gasteiger partial charge on any atom is -0.333 e. The number of aryl methyl sites for hydroxylation is 1. The Morgan fingerprint density at radius 1 is 1.14 bits per heavy atom. The lowest BCUT2D eigenvalue weighted by atomic mass is 10.0. The molecule has 2 aromatic rings. The number of imidazole rings is 1. The summed E-state index contributed by atoms with van der Waals surface area (Å²) in [5, 5.41) is 0. The molecule has 22 heavy (non-hydrogen) atoms. The summed E-state index contributed by atoms with van der Waals surface area (Å²) in [5.41, 5.74) is 2.64. The number of nitrogens with zero attached hydrogens (tertiary/aromatic N) is 5. The van der Waals surface area contributed by atoms with Crippen molar-refractivity contribution in [1.29, 1.82) is 0 Å². The Labute approximate surface area is 129 Å². The van der Waals surface area contributed by atoms with Crippen LogP contribution < -0.4 is 4.90 Å². The van der Waals surface area contributed by atoms with E-state index in [1.165, 1.54) is 36.6 Å². The van der Waals surface area contributed by atoms with Gasteiger partial charge in [0.05, 0.1) is 24.1 Å². The third-order valence-electron chi connectivity index (χ3n) is 4.82. The van der Waals surface area contributed by atoms with Crippen LogP contribution in [-0.4, -0.2) is 26.1 Å². The zero-order valence-electron chi connectivity index (χ0n) is 12.8. The summed E-state index contributed by atoms with van der Waals surface area (Å²) < 4.78 is 15.3. The van der Waals surface area contributed by atoms with Gasteiger partial charge < -0.3 is 9.47 Å². The van der Waals surface area contributed by atoms with Crippen molar-refractivity contribution >= 4 is 5.95 Å². The molecular weight excluding hydrogens is 281 g/mol. The van der Waals surface area contributed by atoms with Crippen molar-refractivity contribution in [2.75, 3.05) is 11.4 Å². The summed E-state index contributed by atoms with van der Waals surface area (Å²) in [6, 6.07) is 0.195. The van der Waals surface area contributed by atoms with Gasteiger partial charge in [-0.25, -0.2) is 19.3 Å². The normalized spacial score (nSPS) is 21.2. The predicted octanol–water partition coefficient (Wildman–Crippen LogP) is 2.57. The van der Waals surface area contributed by atoms with Gasteiger partial charge in [0, 0.05) is 19.3 Å². The number of aromatic nitrogens is 4. The van der Waals surface area contributed by atoms with Gasteiger partial charge >= 0.3 is 0 Å². The van der Waals surface area contributed by atoms with Gasteiger partial charge in [-0.1, -0.05) is 0 Å². The Hall–Kier alpha value is -1.98. The van der Waals surface area contributed by atoms with Gasteiger partial charge in [0.2, 0.25) is 5.95 Å². The Morgan fingerprint density at radius 2 is 1.91 bits per heavy atom. The zero-order chi connectivity index (χ0) is 15.1. The standard InChI is InChI=1S/C16H20FN5/c1-21-13-6-3-2-5-12(13)20-15(21)14-7-4-8-22(14)16-18-9-11(17)10-19-16/h9-10,14H,2-8H2,1H3/t14-/m0/s1. The summed E-state index contributed by atoms with van der Waals surface area (Å²) in [7, 11) is 2.12. The fourth-order valence-corrected chi connectivity index (χ4v) is 3.73. The molecule has 1 saturated heterocycles. The van der Waals surface area contributed by atoms with E-state index in [2.05, 4.69) is 26.5 Å². The topological polar surface area (TPSA) is 46.8 Å². The minimum absolute atomic E-state index is 0.195. The predicted molar refractivity (Wildman–Crippen MR) is 81.2 cm³/mol. The first kappa shape index (κ1) is 13.7. The van der Waals surface area contributed by atoms with Gasteiger partial charge in [-0.15, -0.1) is 0 Å². The third kappa shape index (κ3) is 2.17. The first-order chi connectivity index (χ1) is 10.7. The van der Waals surface area contributed by atoms with Crippen LogP contribution in [0.3, 0.4) is 0 Å². The van der Waals surface area contributed by atoms with E-state index in [0.717, 1.165) is 38.1 Å². The lowest BCUT2D eigenvalue weighted by Crippen LogP contribution is -2.26. The molecular formula is C16H20FN5. The van der Waals surface area contributed by atoms with E-state index in [1.54, 1.807) is 0 Å². The molecule has 4 rings (SSSR count). The zero-order valence-corrected chi connectivity index (χ0v) is 12.8. The molecule has 116 valence electrons. The average molecular weight is 301 g/mol. The molecule has 1 aliphatic heterocycles. The average Bonchev–Trinajstić information content (AvgIpc) is 3.13. The van der Waals surface area contributed by atoms with Gasteiger partial charge in [0.1, 0.15) is 5.82 Å². The molecule has 1 aliphatic carbocycles. The largest absolute Gasteiger partial charge is 0.333 e. The maximum atomic E-state index is 13.1. The number of rotatable bonds is 2. The summed E-state index contributed by atoms with van der Waals surface area (Å²) in [6.07, 6.45) is 9.30. The van der Waals surface area contributed by atoms with Crippen LogP contribution in [-0.2, 0) is 19.9 Å². The molecule has 0 N–H and O–H groups in total. The highest BCUT2D eigenvalue weighted by Crippen LogP contribution is 2.35. The molecule has 6 heteroatoms. The maximum absolute atomic E-state index is 13.1. The Kier molecular flexibility index (Phi) is 3.32. The summed E-state index contributed by atoms with van der Waals surface area (Å²) in [4.78, 5) is 15.4. The number of hydrogen-bond acceptors (Lipinski definition) is 4. The van der Waals surface area contributed by atoms with Crippen molar-refractivity contribution in [3.05, 3.63) is 35.4 Å². The molecule has 1 fully saturated rings. The van der Waals surface area contributed by atoms with E-state index in [1.807, 2.05) is 0 Å². The van der Waals surface area contributed by atoms with E-state index < -0.39 is 5.82 Å². The highest BCUT2D eigenvalue weighted by molar-refractivity contribution is 5.36. The van der Waals surface area contributed by atoms with Gasteiger partial charge in [-0.3, -0.25) is 0 Å². The highest BCUT2D eigenvalue weighted by atomic mass is 19.1. The van der Waals surface area contributed by atoms with E-state index in [4.69, 9.17) is 4.98 Å². The molecule has 0 amide bonds.